The van der Waals surface area contributed by atoms with E-state index in [0.717, 1.165) is 69.5 Å². The number of rotatable bonds is 13. The van der Waals surface area contributed by atoms with Crippen LogP contribution < -0.4 is 19.3 Å². The van der Waals surface area contributed by atoms with Crippen molar-refractivity contribution in [2.24, 2.45) is 0 Å². The largest absolute Gasteiger partial charge is 0.573 e. The average molecular weight is 1340 g/mol. The summed E-state index contributed by atoms with van der Waals surface area (Å²) in [4.78, 5) is 11.1. The number of benzene rings is 13. The first kappa shape index (κ1) is 65.4. The minimum atomic E-state index is -4.99. The Bertz CT molecular complexity index is 5280. The summed E-state index contributed by atoms with van der Waals surface area (Å²) < 4.78 is 85.4. The molecule has 0 spiro atoms. The van der Waals surface area contributed by atoms with Crippen LogP contribution in [0.3, 0.4) is 0 Å². The first-order valence-corrected chi connectivity index (χ1v) is 32.1. The molecule has 13 aromatic rings. The maximum atomic E-state index is 12.9. The van der Waals surface area contributed by atoms with Crippen LogP contribution in [0, 0.1) is 35.8 Å². The summed E-state index contributed by atoms with van der Waals surface area (Å²) in [5.74, 6) is -1.15. The van der Waals surface area contributed by atoms with Gasteiger partial charge in [0.2, 0.25) is 0 Å². The monoisotopic (exact) mass is 1340 g/mol. The SMILES string of the molecule is [C-]#[N+]/C(C#N)=C1\c2cc(OC(F)(F)F)ccc2-c2cc3c(cc21)/C(=C(/C#N)[N+]#[C-])c1cc(OC(F)(F)F)ccc1-3.c1ccc(-c2ccc(-c3ccc(N(c4ccccc4)c4ccc(-c5ccc(N(c6ccc(-c7ccccc7)cc6)c6ccc(-c7ccccc7)cc6)cc5)cc4)cc3)cc2)cc1. The van der Waals surface area contributed by atoms with Gasteiger partial charge in [-0.3, -0.25) is 0 Å². The quantitative estimate of drug-likeness (QED) is 0.0650. The number of hydrogen-bond acceptors (Lipinski definition) is 6. The van der Waals surface area contributed by atoms with E-state index in [1.54, 1.807) is 18.2 Å². The van der Waals surface area contributed by atoms with Crippen LogP contribution >= 0.6 is 0 Å². The van der Waals surface area contributed by atoms with E-state index in [4.69, 9.17) is 13.1 Å². The molecule has 102 heavy (non-hydrogen) atoms. The van der Waals surface area contributed by atoms with Crippen LogP contribution in [-0.4, -0.2) is 12.7 Å². The predicted octanol–water partition coefficient (Wildman–Crippen LogP) is 24.8. The Labute approximate surface area is 584 Å². The fourth-order valence-corrected chi connectivity index (χ4v) is 13.1. The molecule has 488 valence electrons. The number of para-hydroxylation sites is 1. The van der Waals surface area contributed by atoms with Crippen molar-refractivity contribution in [3.8, 4) is 102 Å². The summed E-state index contributed by atoms with van der Waals surface area (Å²) in [6.45, 7) is 14.9. The molecule has 0 heterocycles. The summed E-state index contributed by atoms with van der Waals surface area (Å²) in [6, 6.07) is 109. The van der Waals surface area contributed by atoms with Crippen LogP contribution in [0.1, 0.15) is 22.3 Å². The second-order valence-electron chi connectivity index (χ2n) is 23.8. The van der Waals surface area contributed by atoms with Crippen LogP contribution in [0.2, 0.25) is 0 Å². The lowest BCUT2D eigenvalue weighted by molar-refractivity contribution is -0.275. The molecule has 0 radical (unpaired) electrons. The van der Waals surface area contributed by atoms with Gasteiger partial charge < -0.3 is 19.3 Å². The van der Waals surface area contributed by atoms with Crippen molar-refractivity contribution >= 4 is 45.3 Å². The minimum Gasteiger partial charge on any atom is -0.406 e. The summed E-state index contributed by atoms with van der Waals surface area (Å²) in [5.41, 5.74) is 20.1. The Balaban J connectivity index is 0.000000190. The number of ether oxygens (including phenoxy) is 2. The number of allylic oxidation sites excluding steroid dienone is 2. The number of hydrogen-bond donors (Lipinski definition) is 0. The number of fused-ring (bicyclic) bond motifs is 6. The molecule has 8 nitrogen and oxygen atoms in total. The van der Waals surface area contributed by atoms with Gasteiger partial charge in [0, 0.05) is 45.3 Å². The predicted molar refractivity (Wildman–Crippen MR) is 390 cm³/mol. The molecule has 2 aliphatic rings. The second kappa shape index (κ2) is 27.9. The average Bonchev–Trinajstić information content (AvgIpc) is 1.56. The van der Waals surface area contributed by atoms with E-state index in [1.165, 1.54) is 62.7 Å². The summed E-state index contributed by atoms with van der Waals surface area (Å²) in [5, 5.41) is 19.3. The van der Waals surface area contributed by atoms with Crippen molar-refractivity contribution in [1.29, 1.82) is 10.5 Å². The van der Waals surface area contributed by atoms with Crippen molar-refractivity contribution in [2.75, 3.05) is 9.80 Å². The highest BCUT2D eigenvalue weighted by molar-refractivity contribution is 6.11. The van der Waals surface area contributed by atoms with Gasteiger partial charge in [0.15, 0.2) is 0 Å². The lowest BCUT2D eigenvalue weighted by Crippen LogP contribution is -2.17. The smallest absolute Gasteiger partial charge is 0.406 e. The molecule has 0 aliphatic heterocycles. The molecular formula is C88H52F6N6O2. The first-order chi connectivity index (χ1) is 49.6. The number of halogens is 6. The number of alkyl halides is 6. The van der Waals surface area contributed by atoms with Crippen molar-refractivity contribution in [1.82, 2.24) is 0 Å². The van der Waals surface area contributed by atoms with Gasteiger partial charge in [-0.15, -0.1) is 26.3 Å². The normalized spacial score (nSPS) is 12.6. The van der Waals surface area contributed by atoms with Gasteiger partial charge >= 0.3 is 12.7 Å². The van der Waals surface area contributed by atoms with Gasteiger partial charge in [-0.25, -0.2) is 20.2 Å². The summed E-state index contributed by atoms with van der Waals surface area (Å²) in [6.07, 6.45) is -9.98. The van der Waals surface area contributed by atoms with Crippen LogP contribution in [0.4, 0.5) is 60.5 Å². The van der Waals surface area contributed by atoms with Gasteiger partial charge in [-0.05, 0) is 209 Å². The van der Waals surface area contributed by atoms with Gasteiger partial charge in [-0.2, -0.15) is 0 Å². The Morgan fingerprint density at radius 1 is 0.275 bits per heavy atom. The fraction of sp³-hybridized carbons (Fsp3) is 0.0227. The molecule has 0 saturated heterocycles. The van der Waals surface area contributed by atoms with Crippen LogP contribution in [0.5, 0.6) is 11.5 Å². The Hall–Kier alpha value is -13.9. The highest BCUT2D eigenvalue weighted by Crippen LogP contribution is 2.55. The maximum Gasteiger partial charge on any atom is 0.573 e. The summed E-state index contributed by atoms with van der Waals surface area (Å²) in [7, 11) is 0. The molecule has 0 saturated carbocycles. The van der Waals surface area contributed by atoms with Crippen LogP contribution in [-0.2, 0) is 0 Å². The topological polar surface area (TPSA) is 81.2 Å². The highest BCUT2D eigenvalue weighted by atomic mass is 19.4. The molecule has 14 heteroatoms. The van der Waals surface area contributed by atoms with Crippen molar-refractivity contribution < 1.29 is 35.8 Å². The maximum absolute atomic E-state index is 12.9. The van der Waals surface area contributed by atoms with E-state index >= 15 is 0 Å². The Kier molecular flexibility index (Phi) is 17.9. The van der Waals surface area contributed by atoms with Crippen molar-refractivity contribution in [3.05, 3.63) is 372 Å². The zero-order chi connectivity index (χ0) is 70.5. The van der Waals surface area contributed by atoms with E-state index in [-0.39, 0.29) is 33.4 Å². The highest BCUT2D eigenvalue weighted by Gasteiger charge is 2.37. The molecule has 0 bridgehead atoms. The van der Waals surface area contributed by atoms with Gasteiger partial charge in [0.1, 0.15) is 11.5 Å². The Morgan fingerprint density at radius 2 is 0.500 bits per heavy atom. The van der Waals surface area contributed by atoms with E-state index in [0.29, 0.717) is 22.3 Å². The first-order valence-electron chi connectivity index (χ1n) is 32.1. The van der Waals surface area contributed by atoms with Crippen LogP contribution in [0.15, 0.2) is 327 Å². The van der Waals surface area contributed by atoms with Gasteiger partial charge in [-0.1, -0.05) is 206 Å². The molecule has 0 aromatic heterocycles. The molecule has 0 unspecified atom stereocenters. The standard InChI is InChI=1S/C60H44N2.C28H8F6N4O2/c1-5-13-45(14-6-1)48-21-23-49(24-22-48)52-29-39-56(40-30-52)61(55-19-11-4-12-20-55)57-41-31-53(32-42-57)54-33-43-60(44-34-54)62(58-35-25-50(26-36-58)46-15-7-2-8-16-46)59-37-27-51(28-38-59)47-17-9-3-10-18-47;1-37-23(11-35)25-19-7-13(39-27(29,30)31)3-5-15(19)17-9-18-16-6-4-14(40-28(32,33)34)8-20(16)26(24(12-36)38-2)22(18)10-21(17)25/h1-44H;3-10H/b;25-23-,26-24+. The van der Waals surface area contributed by atoms with Crippen molar-refractivity contribution in [2.45, 2.75) is 12.7 Å². The molecule has 15 rings (SSSR count). The zero-order valence-corrected chi connectivity index (χ0v) is 53.8. The van der Waals surface area contributed by atoms with E-state index < -0.39 is 35.6 Å². The molecule has 0 atom stereocenters. The van der Waals surface area contributed by atoms with Crippen LogP contribution in [0.25, 0.3) is 98.7 Å². The van der Waals surface area contributed by atoms with E-state index in [9.17, 15) is 36.9 Å². The van der Waals surface area contributed by atoms with E-state index in [1.807, 2.05) is 0 Å². The molecule has 0 fully saturated rings. The molecule has 0 amide bonds. The number of nitrogens with zero attached hydrogens (tertiary/aromatic N) is 6. The van der Waals surface area contributed by atoms with Crippen molar-refractivity contribution in [3.63, 3.8) is 0 Å². The van der Waals surface area contributed by atoms with Gasteiger partial charge in [0.05, 0.1) is 25.3 Å². The molecular weight excluding hydrogens is 1290 g/mol. The molecule has 2 aliphatic carbocycles. The lowest BCUT2D eigenvalue weighted by Gasteiger charge is -2.26. The summed E-state index contributed by atoms with van der Waals surface area (Å²) >= 11 is 0. The second-order valence-corrected chi connectivity index (χ2v) is 23.8. The lowest BCUT2D eigenvalue weighted by atomic mass is 9.94. The minimum absolute atomic E-state index is 0.00986. The van der Waals surface area contributed by atoms with Gasteiger partial charge in [0.25, 0.3) is 11.4 Å². The third-order valence-corrected chi connectivity index (χ3v) is 17.7. The molecule has 0 N–H and O–H groups in total. The van der Waals surface area contributed by atoms with E-state index in [2.05, 4.69) is 296 Å². The molecule has 13 aromatic carbocycles. The number of anilines is 6. The number of nitriles is 2. The fourth-order valence-electron chi connectivity index (χ4n) is 13.1. The Morgan fingerprint density at radius 3 is 0.755 bits per heavy atom. The zero-order valence-electron chi connectivity index (χ0n) is 53.8. The third kappa shape index (κ3) is 13.6. The third-order valence-electron chi connectivity index (χ3n) is 17.7.